The van der Waals surface area contributed by atoms with Crippen LogP contribution in [0.3, 0.4) is 0 Å². The van der Waals surface area contributed by atoms with E-state index < -0.39 is 17.7 Å². The second-order valence-electron chi connectivity index (χ2n) is 1.73. The number of halogens is 3. The second-order valence-corrected chi connectivity index (χ2v) is 1.73. The van der Waals surface area contributed by atoms with E-state index >= 15 is 0 Å². The Labute approximate surface area is 55.5 Å². The first-order valence-corrected chi connectivity index (χ1v) is 2.39. The monoisotopic (exact) mass is 153 g/mol. The van der Waals surface area contributed by atoms with Crippen molar-refractivity contribution in [3.8, 4) is 0 Å². The lowest BCUT2D eigenvalue weighted by atomic mass is 10.3. The maximum Gasteiger partial charge on any atom is 0.412 e. The average molecular weight is 153 g/mol. The number of amides is 1. The van der Waals surface area contributed by atoms with Crippen molar-refractivity contribution in [3.63, 3.8) is 0 Å². The molecule has 0 heterocycles. The fourth-order valence-electron chi connectivity index (χ4n) is 0.295. The van der Waals surface area contributed by atoms with Crippen molar-refractivity contribution in [2.45, 2.75) is 13.1 Å². The van der Waals surface area contributed by atoms with Crippen LogP contribution in [0, 0.1) is 0 Å². The minimum Gasteiger partial charge on any atom is -0.366 e. The van der Waals surface area contributed by atoms with Crippen LogP contribution in [0.4, 0.5) is 13.2 Å². The Morgan fingerprint density at radius 2 is 1.90 bits per heavy atom. The molecule has 0 radical (unpaired) electrons. The Bertz CT molecular complexity index is 170. The minimum atomic E-state index is -4.45. The quantitative estimate of drug-likeness (QED) is 0.560. The van der Waals surface area contributed by atoms with Crippen LogP contribution in [0.15, 0.2) is 11.6 Å². The minimum absolute atomic E-state index is 0.347. The Kier molecular flexibility index (Phi) is 2.45. The summed E-state index contributed by atoms with van der Waals surface area (Å²) in [5.74, 6) is -1.09. The topological polar surface area (TPSA) is 43.1 Å². The highest BCUT2D eigenvalue weighted by atomic mass is 19.4. The van der Waals surface area contributed by atoms with Crippen LogP contribution < -0.4 is 5.73 Å². The summed E-state index contributed by atoms with van der Waals surface area (Å²) >= 11 is 0. The van der Waals surface area contributed by atoms with E-state index in [0.29, 0.717) is 6.08 Å². The number of hydrogen-bond donors (Lipinski definition) is 1. The predicted octanol–water partition coefficient (Wildman–Crippen LogP) is 0.980. The van der Waals surface area contributed by atoms with E-state index in [-0.39, 0.29) is 0 Å². The average Bonchev–Trinajstić information content (AvgIpc) is 1.60. The molecule has 0 unspecified atom stereocenters. The zero-order chi connectivity index (χ0) is 8.36. The first-order valence-electron chi connectivity index (χ1n) is 2.39. The van der Waals surface area contributed by atoms with Gasteiger partial charge in [-0.1, -0.05) is 0 Å². The smallest absolute Gasteiger partial charge is 0.366 e. The third-order valence-electron chi connectivity index (χ3n) is 0.806. The molecule has 58 valence electrons. The van der Waals surface area contributed by atoms with Gasteiger partial charge in [0.15, 0.2) is 0 Å². The van der Waals surface area contributed by atoms with E-state index in [1.165, 1.54) is 0 Å². The lowest BCUT2D eigenvalue weighted by molar-refractivity contribution is -0.115. The molecular weight excluding hydrogens is 147 g/mol. The summed E-state index contributed by atoms with van der Waals surface area (Å²) in [6.07, 6.45) is -4.10. The number of nitrogens with two attached hydrogens (primary N) is 1. The fourth-order valence-corrected chi connectivity index (χ4v) is 0.295. The van der Waals surface area contributed by atoms with Crippen molar-refractivity contribution in [1.82, 2.24) is 0 Å². The Hall–Kier alpha value is -1.00. The Morgan fingerprint density at radius 1 is 1.50 bits per heavy atom. The number of allylic oxidation sites excluding steroid dienone is 1. The molecule has 0 spiro atoms. The first kappa shape index (κ1) is 9.00. The molecule has 0 rings (SSSR count). The summed E-state index contributed by atoms with van der Waals surface area (Å²) in [5, 5.41) is 0. The van der Waals surface area contributed by atoms with Gasteiger partial charge in [-0.2, -0.15) is 13.2 Å². The molecule has 0 saturated carbocycles. The summed E-state index contributed by atoms with van der Waals surface area (Å²) in [6.45, 7) is 0.782. The molecule has 2 N–H and O–H groups in total. The summed E-state index contributed by atoms with van der Waals surface area (Å²) in [4.78, 5) is 9.90. The van der Waals surface area contributed by atoms with Crippen LogP contribution in [-0.2, 0) is 4.79 Å². The van der Waals surface area contributed by atoms with Gasteiger partial charge < -0.3 is 5.73 Å². The van der Waals surface area contributed by atoms with Gasteiger partial charge in [-0.25, -0.2) is 0 Å². The largest absolute Gasteiger partial charge is 0.412 e. The number of hydrogen-bond acceptors (Lipinski definition) is 1. The molecule has 0 saturated heterocycles. The van der Waals surface area contributed by atoms with Gasteiger partial charge in [0.2, 0.25) is 5.91 Å². The van der Waals surface area contributed by atoms with Gasteiger partial charge >= 0.3 is 6.18 Å². The van der Waals surface area contributed by atoms with Crippen LogP contribution in [0.2, 0.25) is 0 Å². The van der Waals surface area contributed by atoms with Gasteiger partial charge in [0.25, 0.3) is 0 Å². The number of carbonyl (C=O) groups is 1. The molecule has 0 bridgehead atoms. The van der Waals surface area contributed by atoms with Gasteiger partial charge in [-0.15, -0.1) is 0 Å². The van der Waals surface area contributed by atoms with Crippen molar-refractivity contribution < 1.29 is 18.0 Å². The van der Waals surface area contributed by atoms with Crippen LogP contribution in [0.5, 0.6) is 0 Å². The van der Waals surface area contributed by atoms with Crippen molar-refractivity contribution in [2.75, 3.05) is 0 Å². The van der Waals surface area contributed by atoms with Crippen LogP contribution in [-0.4, -0.2) is 12.1 Å². The third kappa shape index (κ3) is 3.11. The fraction of sp³-hybridized carbons (Fsp3) is 0.400. The van der Waals surface area contributed by atoms with Crippen molar-refractivity contribution >= 4 is 5.91 Å². The Balaban J connectivity index is 4.35. The van der Waals surface area contributed by atoms with Gasteiger partial charge in [-0.05, 0) is 6.92 Å². The highest BCUT2D eigenvalue weighted by Crippen LogP contribution is 2.24. The normalized spacial score (nSPS) is 13.4. The van der Waals surface area contributed by atoms with E-state index in [0.717, 1.165) is 6.92 Å². The zero-order valence-electron chi connectivity index (χ0n) is 5.20. The van der Waals surface area contributed by atoms with Gasteiger partial charge in [0.05, 0.1) is 0 Å². The molecule has 0 aromatic carbocycles. The van der Waals surface area contributed by atoms with Crippen LogP contribution in [0.25, 0.3) is 0 Å². The summed E-state index contributed by atoms with van der Waals surface area (Å²) in [5.41, 5.74) is 3.49. The maximum atomic E-state index is 11.5. The number of carbonyl (C=O) groups excluding carboxylic acids is 1. The molecule has 0 aliphatic carbocycles. The lowest BCUT2D eigenvalue weighted by Crippen LogP contribution is -2.14. The lowest BCUT2D eigenvalue weighted by Gasteiger charge is -2.03. The van der Waals surface area contributed by atoms with E-state index in [2.05, 4.69) is 5.73 Å². The van der Waals surface area contributed by atoms with Gasteiger partial charge in [-0.3, -0.25) is 4.79 Å². The van der Waals surface area contributed by atoms with Crippen molar-refractivity contribution in [3.05, 3.63) is 11.6 Å². The van der Waals surface area contributed by atoms with Gasteiger partial charge in [0.1, 0.15) is 0 Å². The predicted molar refractivity (Wildman–Crippen MR) is 29.0 cm³/mol. The Morgan fingerprint density at radius 3 is 2.00 bits per heavy atom. The zero-order valence-corrected chi connectivity index (χ0v) is 5.20. The van der Waals surface area contributed by atoms with E-state index in [4.69, 9.17) is 0 Å². The maximum absolute atomic E-state index is 11.5. The van der Waals surface area contributed by atoms with Gasteiger partial charge in [0, 0.05) is 11.6 Å². The molecule has 0 atom stereocenters. The van der Waals surface area contributed by atoms with Crippen LogP contribution in [0.1, 0.15) is 6.92 Å². The third-order valence-corrected chi connectivity index (χ3v) is 0.806. The molecule has 1 amide bonds. The molecule has 10 heavy (non-hydrogen) atoms. The standard InChI is InChI=1S/C5H6F3NO/c1-3(2-4(9)10)5(6,7)8/h2H,1H3,(H2,9,10)/b3-2+. The molecule has 2 nitrogen and oxygen atoms in total. The summed E-state index contributed by atoms with van der Waals surface area (Å²) in [6, 6.07) is 0. The SMILES string of the molecule is C/C(=C\C(N)=O)C(F)(F)F. The number of rotatable bonds is 1. The summed E-state index contributed by atoms with van der Waals surface area (Å²) < 4.78 is 34.6. The molecule has 0 aliphatic heterocycles. The molecule has 0 aliphatic rings. The van der Waals surface area contributed by atoms with Crippen LogP contribution >= 0.6 is 0 Å². The van der Waals surface area contributed by atoms with Crippen molar-refractivity contribution in [1.29, 1.82) is 0 Å². The second kappa shape index (κ2) is 2.72. The summed E-state index contributed by atoms with van der Waals surface area (Å²) in [7, 11) is 0. The highest BCUT2D eigenvalue weighted by Gasteiger charge is 2.30. The molecule has 5 heteroatoms. The number of primary amides is 1. The number of alkyl halides is 3. The van der Waals surface area contributed by atoms with E-state index in [1.54, 1.807) is 0 Å². The highest BCUT2D eigenvalue weighted by molar-refractivity contribution is 5.86. The van der Waals surface area contributed by atoms with Crippen molar-refractivity contribution in [2.24, 2.45) is 5.73 Å². The van der Waals surface area contributed by atoms with E-state index in [9.17, 15) is 18.0 Å². The molecule has 0 aromatic heterocycles. The molecular formula is C5H6F3NO. The van der Waals surface area contributed by atoms with E-state index in [1.807, 2.05) is 0 Å². The first-order chi connectivity index (χ1) is 4.34. The molecule has 0 fully saturated rings. The molecule has 0 aromatic rings.